The van der Waals surface area contributed by atoms with Gasteiger partial charge >= 0.3 is 0 Å². The zero-order chi connectivity index (χ0) is 16.7. The van der Waals surface area contributed by atoms with Crippen LogP contribution < -0.4 is 10.1 Å². The first kappa shape index (κ1) is 16.3. The summed E-state index contributed by atoms with van der Waals surface area (Å²) in [6, 6.07) is 15.0. The minimum atomic E-state index is -0.174. The summed E-state index contributed by atoms with van der Waals surface area (Å²) < 4.78 is 5.18. The Hall–Kier alpha value is -3.06. The maximum Gasteiger partial charge on any atom is 0.248 e. The van der Waals surface area contributed by atoms with Crippen LogP contribution in [0.1, 0.15) is 16.7 Å². The van der Waals surface area contributed by atoms with E-state index in [1.54, 1.807) is 18.2 Å². The third-order valence-electron chi connectivity index (χ3n) is 3.34. The number of carbonyl (C=O) groups is 1. The maximum absolute atomic E-state index is 12.0. The fourth-order valence-corrected chi connectivity index (χ4v) is 2.14. The van der Waals surface area contributed by atoms with E-state index >= 15 is 0 Å². The Morgan fingerprint density at radius 1 is 1.17 bits per heavy atom. The lowest BCUT2D eigenvalue weighted by Crippen LogP contribution is -2.10. The summed E-state index contributed by atoms with van der Waals surface area (Å²) in [6.45, 7) is 3.95. The Balaban J connectivity index is 2.00. The molecule has 0 spiro atoms. The van der Waals surface area contributed by atoms with E-state index in [2.05, 4.69) is 5.32 Å². The van der Waals surface area contributed by atoms with E-state index in [0.29, 0.717) is 5.75 Å². The van der Waals surface area contributed by atoms with Crippen molar-refractivity contribution in [3.05, 3.63) is 65.2 Å². The summed E-state index contributed by atoms with van der Waals surface area (Å²) in [5.74, 6) is 0.455. The van der Waals surface area contributed by atoms with E-state index in [0.717, 1.165) is 22.4 Å². The van der Waals surface area contributed by atoms with Gasteiger partial charge in [0.15, 0.2) is 6.61 Å². The second-order valence-corrected chi connectivity index (χ2v) is 5.11. The van der Waals surface area contributed by atoms with Crippen LogP contribution >= 0.6 is 0 Å². The first-order valence-electron chi connectivity index (χ1n) is 7.25. The molecule has 1 N–H and O–H groups in total. The molecular weight excluding hydrogens is 288 g/mol. The topological polar surface area (TPSA) is 62.1 Å². The molecule has 1 amide bonds. The third kappa shape index (κ3) is 4.72. The van der Waals surface area contributed by atoms with Crippen LogP contribution in [0.2, 0.25) is 0 Å². The molecule has 2 aromatic rings. The molecule has 0 saturated carbocycles. The van der Waals surface area contributed by atoms with Gasteiger partial charge in [-0.05, 0) is 48.7 Å². The van der Waals surface area contributed by atoms with Gasteiger partial charge < -0.3 is 10.1 Å². The number of benzene rings is 2. The molecule has 0 heterocycles. The Labute approximate surface area is 136 Å². The van der Waals surface area contributed by atoms with E-state index in [-0.39, 0.29) is 12.5 Å². The molecule has 0 aliphatic carbocycles. The molecule has 0 saturated heterocycles. The zero-order valence-corrected chi connectivity index (χ0v) is 13.2. The number of carbonyl (C=O) groups excluding carboxylic acids is 1. The lowest BCUT2D eigenvalue weighted by atomic mass is 10.1. The summed E-state index contributed by atoms with van der Waals surface area (Å²) in [4.78, 5) is 12.0. The minimum Gasteiger partial charge on any atom is -0.479 e. The Morgan fingerprint density at radius 3 is 2.43 bits per heavy atom. The van der Waals surface area contributed by atoms with Crippen LogP contribution in [-0.4, -0.2) is 12.5 Å². The Morgan fingerprint density at radius 2 is 1.83 bits per heavy atom. The van der Waals surface area contributed by atoms with Gasteiger partial charge in [0.05, 0.1) is 0 Å². The van der Waals surface area contributed by atoms with Gasteiger partial charge in [0.2, 0.25) is 5.91 Å². The number of nitriles is 1. The Bertz CT molecular complexity index is 736. The lowest BCUT2D eigenvalue weighted by Gasteiger charge is -2.09. The molecule has 0 aromatic heterocycles. The highest BCUT2D eigenvalue weighted by atomic mass is 16.5. The number of para-hydroxylation sites is 1. The van der Waals surface area contributed by atoms with Crippen molar-refractivity contribution in [3.63, 3.8) is 0 Å². The van der Waals surface area contributed by atoms with Crippen molar-refractivity contribution >= 4 is 17.7 Å². The minimum absolute atomic E-state index is 0.0212. The van der Waals surface area contributed by atoms with Crippen molar-refractivity contribution in [2.24, 2.45) is 0 Å². The van der Waals surface area contributed by atoms with E-state index < -0.39 is 0 Å². The largest absolute Gasteiger partial charge is 0.479 e. The summed E-state index contributed by atoms with van der Waals surface area (Å²) in [7, 11) is 0. The van der Waals surface area contributed by atoms with E-state index in [1.807, 2.05) is 50.2 Å². The molecule has 0 aliphatic heterocycles. The number of amides is 1. The summed E-state index contributed by atoms with van der Waals surface area (Å²) in [5, 5.41) is 11.4. The lowest BCUT2D eigenvalue weighted by molar-refractivity contribution is -0.111. The van der Waals surface area contributed by atoms with Gasteiger partial charge in [-0.1, -0.05) is 30.3 Å². The number of nitrogens with zero attached hydrogens (tertiary/aromatic N) is 1. The smallest absolute Gasteiger partial charge is 0.248 e. The number of hydrogen-bond donors (Lipinski definition) is 1. The van der Waals surface area contributed by atoms with Gasteiger partial charge in [0.25, 0.3) is 0 Å². The van der Waals surface area contributed by atoms with Crippen LogP contribution in [-0.2, 0) is 4.79 Å². The van der Waals surface area contributed by atoms with Crippen LogP contribution in [0.4, 0.5) is 5.69 Å². The summed E-state index contributed by atoms with van der Waals surface area (Å²) in [5.41, 5.74) is 3.80. The van der Waals surface area contributed by atoms with Gasteiger partial charge in [-0.15, -0.1) is 0 Å². The average molecular weight is 306 g/mol. The first-order chi connectivity index (χ1) is 11.1. The molecule has 0 fully saturated rings. The highest BCUT2D eigenvalue weighted by Gasteiger charge is 2.04. The molecule has 0 atom stereocenters. The van der Waals surface area contributed by atoms with Crippen molar-refractivity contribution in [3.8, 4) is 11.8 Å². The standard InChI is InChI=1S/C19H18N2O2/c1-14-4-3-5-15(2)19(14)21-18(22)11-8-16-6-9-17(10-7-16)23-13-12-20/h3-11H,13H2,1-2H3,(H,21,22)/b11-8+. The van der Waals surface area contributed by atoms with Gasteiger partial charge in [-0.25, -0.2) is 0 Å². The first-order valence-corrected chi connectivity index (χ1v) is 7.25. The molecular formula is C19H18N2O2. The molecule has 0 bridgehead atoms. The predicted molar refractivity (Wildman–Crippen MR) is 91.1 cm³/mol. The summed E-state index contributed by atoms with van der Waals surface area (Å²) >= 11 is 0. The molecule has 4 heteroatoms. The van der Waals surface area contributed by atoms with E-state index in [1.165, 1.54) is 6.08 Å². The third-order valence-corrected chi connectivity index (χ3v) is 3.34. The van der Waals surface area contributed by atoms with E-state index in [4.69, 9.17) is 10.00 Å². The number of aryl methyl sites for hydroxylation is 2. The highest BCUT2D eigenvalue weighted by Crippen LogP contribution is 2.19. The normalized spacial score (nSPS) is 10.3. The monoisotopic (exact) mass is 306 g/mol. The Kier molecular flexibility index (Phi) is 5.54. The quantitative estimate of drug-likeness (QED) is 0.853. The van der Waals surface area contributed by atoms with Gasteiger partial charge in [0.1, 0.15) is 11.8 Å². The van der Waals surface area contributed by atoms with Crippen LogP contribution in [0, 0.1) is 25.2 Å². The van der Waals surface area contributed by atoms with Crippen LogP contribution in [0.3, 0.4) is 0 Å². The molecule has 23 heavy (non-hydrogen) atoms. The fourth-order valence-electron chi connectivity index (χ4n) is 2.14. The van der Waals surface area contributed by atoms with Crippen molar-refractivity contribution in [1.82, 2.24) is 0 Å². The van der Waals surface area contributed by atoms with Crippen LogP contribution in [0.15, 0.2) is 48.5 Å². The molecule has 116 valence electrons. The van der Waals surface area contributed by atoms with Gasteiger partial charge in [-0.3, -0.25) is 4.79 Å². The SMILES string of the molecule is Cc1cccc(C)c1NC(=O)/C=C/c1ccc(OCC#N)cc1. The van der Waals surface area contributed by atoms with Crippen molar-refractivity contribution < 1.29 is 9.53 Å². The second-order valence-electron chi connectivity index (χ2n) is 5.11. The number of ether oxygens (including phenoxy) is 1. The zero-order valence-electron chi connectivity index (χ0n) is 13.2. The number of rotatable bonds is 5. The maximum atomic E-state index is 12.0. The molecule has 2 rings (SSSR count). The van der Waals surface area contributed by atoms with Crippen molar-refractivity contribution in [2.75, 3.05) is 11.9 Å². The predicted octanol–water partition coefficient (Wildman–Crippen LogP) is 3.86. The fraction of sp³-hybridized carbons (Fsp3) is 0.158. The van der Waals surface area contributed by atoms with Crippen LogP contribution in [0.5, 0.6) is 5.75 Å². The summed E-state index contributed by atoms with van der Waals surface area (Å²) in [6.07, 6.45) is 3.23. The number of nitrogens with one attached hydrogen (secondary N) is 1. The number of anilines is 1. The van der Waals surface area contributed by atoms with Crippen molar-refractivity contribution in [2.45, 2.75) is 13.8 Å². The van der Waals surface area contributed by atoms with E-state index in [9.17, 15) is 4.79 Å². The molecule has 4 nitrogen and oxygen atoms in total. The van der Waals surface area contributed by atoms with Gasteiger partial charge in [0, 0.05) is 11.8 Å². The molecule has 0 unspecified atom stereocenters. The molecule has 0 radical (unpaired) electrons. The molecule has 2 aromatic carbocycles. The van der Waals surface area contributed by atoms with Gasteiger partial charge in [-0.2, -0.15) is 5.26 Å². The van der Waals surface area contributed by atoms with Crippen LogP contribution in [0.25, 0.3) is 6.08 Å². The molecule has 0 aliphatic rings. The number of hydrogen-bond acceptors (Lipinski definition) is 3. The second kappa shape index (κ2) is 7.81. The highest BCUT2D eigenvalue weighted by molar-refractivity contribution is 6.02. The van der Waals surface area contributed by atoms with Crippen molar-refractivity contribution in [1.29, 1.82) is 5.26 Å². The average Bonchev–Trinajstić information content (AvgIpc) is 2.55.